The zero-order chi connectivity index (χ0) is 17.3. The minimum Gasteiger partial charge on any atom is -0.496 e. The number of methoxy groups -OCH3 is 1. The first-order valence-corrected chi connectivity index (χ1v) is 8.60. The van der Waals surface area contributed by atoms with Gasteiger partial charge in [-0.2, -0.15) is 0 Å². The van der Waals surface area contributed by atoms with E-state index in [4.69, 9.17) is 4.74 Å². The van der Waals surface area contributed by atoms with Gasteiger partial charge in [0.05, 0.1) is 23.4 Å². The molecule has 0 saturated carbocycles. The van der Waals surface area contributed by atoms with Crippen LogP contribution in [0.3, 0.4) is 0 Å². The first-order chi connectivity index (χ1) is 11.5. The Labute approximate surface area is 145 Å². The molecule has 3 rings (SSSR count). The Kier molecular flexibility index (Phi) is 4.53. The third kappa shape index (κ3) is 2.99. The maximum atomic E-state index is 12.8. The molecule has 0 N–H and O–H groups in total. The fraction of sp³-hybridized carbons (Fsp3) is 0.263. The van der Waals surface area contributed by atoms with Crippen LogP contribution in [0.4, 0.5) is 0 Å². The van der Waals surface area contributed by atoms with Gasteiger partial charge >= 0.3 is 0 Å². The molecule has 0 unspecified atom stereocenters. The molecule has 1 atom stereocenters. The number of rotatable bonds is 4. The zero-order valence-corrected chi connectivity index (χ0v) is 15.1. The van der Waals surface area contributed by atoms with Crippen molar-refractivity contribution in [3.63, 3.8) is 0 Å². The minimum atomic E-state index is -0.0952. The fourth-order valence-corrected chi connectivity index (χ4v) is 3.63. The molecule has 1 heterocycles. The predicted octanol–water partition coefficient (Wildman–Crippen LogP) is 4.45. The van der Waals surface area contributed by atoms with Crippen LogP contribution in [0.25, 0.3) is 10.2 Å². The standard InChI is InChI=1S/C19H20N2O2S/c1-12-9-10-14(11-16(12)23-4)19(22)21(3)13(2)18-20-15-7-5-6-8-17(15)24-18/h5-11,13H,1-4H3/t13-/m1/s1. The van der Waals surface area contributed by atoms with Gasteiger partial charge in [0.15, 0.2) is 0 Å². The number of fused-ring (bicyclic) bond motifs is 1. The van der Waals surface area contributed by atoms with E-state index in [0.29, 0.717) is 5.56 Å². The molecule has 5 heteroatoms. The topological polar surface area (TPSA) is 42.4 Å². The van der Waals surface area contributed by atoms with Gasteiger partial charge in [-0.25, -0.2) is 4.98 Å². The number of hydrogen-bond donors (Lipinski definition) is 0. The summed E-state index contributed by atoms with van der Waals surface area (Å²) in [5, 5.41) is 0.936. The number of nitrogens with zero attached hydrogens (tertiary/aromatic N) is 2. The van der Waals surface area contributed by atoms with E-state index in [9.17, 15) is 4.79 Å². The van der Waals surface area contributed by atoms with Crippen LogP contribution in [0.15, 0.2) is 42.5 Å². The summed E-state index contributed by atoms with van der Waals surface area (Å²) < 4.78 is 6.46. The summed E-state index contributed by atoms with van der Waals surface area (Å²) in [6, 6.07) is 13.5. The molecular formula is C19H20N2O2S. The smallest absolute Gasteiger partial charge is 0.254 e. The maximum absolute atomic E-state index is 12.8. The minimum absolute atomic E-state index is 0.0416. The van der Waals surface area contributed by atoms with Crippen LogP contribution in [-0.2, 0) is 0 Å². The highest BCUT2D eigenvalue weighted by atomic mass is 32.1. The quantitative estimate of drug-likeness (QED) is 0.705. The van der Waals surface area contributed by atoms with Gasteiger partial charge in [0, 0.05) is 12.6 Å². The van der Waals surface area contributed by atoms with Crippen molar-refractivity contribution in [2.45, 2.75) is 19.9 Å². The highest BCUT2D eigenvalue weighted by molar-refractivity contribution is 7.18. The van der Waals surface area contributed by atoms with Gasteiger partial charge in [-0.15, -0.1) is 11.3 Å². The number of thiazole rings is 1. The van der Waals surface area contributed by atoms with Crippen molar-refractivity contribution in [3.05, 3.63) is 58.6 Å². The van der Waals surface area contributed by atoms with E-state index in [-0.39, 0.29) is 11.9 Å². The Hall–Kier alpha value is -2.40. The molecule has 0 spiro atoms. The van der Waals surface area contributed by atoms with Crippen molar-refractivity contribution < 1.29 is 9.53 Å². The number of aromatic nitrogens is 1. The Morgan fingerprint density at radius 3 is 2.71 bits per heavy atom. The van der Waals surface area contributed by atoms with Crippen molar-refractivity contribution in [3.8, 4) is 5.75 Å². The molecule has 4 nitrogen and oxygen atoms in total. The van der Waals surface area contributed by atoms with E-state index in [1.165, 1.54) is 0 Å². The normalized spacial score (nSPS) is 12.2. The lowest BCUT2D eigenvalue weighted by molar-refractivity contribution is 0.0742. The second-order valence-corrected chi connectivity index (χ2v) is 6.86. The summed E-state index contributed by atoms with van der Waals surface area (Å²) in [7, 11) is 3.43. The molecule has 0 aliphatic rings. The first kappa shape index (κ1) is 16.5. The van der Waals surface area contributed by atoms with E-state index in [2.05, 4.69) is 11.1 Å². The molecule has 0 saturated heterocycles. The Morgan fingerprint density at radius 1 is 1.25 bits per heavy atom. The number of benzene rings is 2. The van der Waals surface area contributed by atoms with Crippen molar-refractivity contribution in [2.75, 3.05) is 14.2 Å². The predicted molar refractivity (Wildman–Crippen MR) is 97.9 cm³/mol. The van der Waals surface area contributed by atoms with Crippen LogP contribution in [0.5, 0.6) is 5.75 Å². The van der Waals surface area contributed by atoms with E-state index in [1.807, 2.05) is 51.2 Å². The summed E-state index contributed by atoms with van der Waals surface area (Å²) in [4.78, 5) is 19.2. The Balaban J connectivity index is 1.86. The van der Waals surface area contributed by atoms with Gasteiger partial charge in [-0.1, -0.05) is 18.2 Å². The lowest BCUT2D eigenvalue weighted by Gasteiger charge is -2.23. The van der Waals surface area contributed by atoms with Gasteiger partial charge < -0.3 is 9.64 Å². The molecule has 0 bridgehead atoms. The second kappa shape index (κ2) is 6.61. The van der Waals surface area contributed by atoms with Crippen molar-refractivity contribution >= 4 is 27.5 Å². The van der Waals surface area contributed by atoms with E-state index >= 15 is 0 Å². The maximum Gasteiger partial charge on any atom is 0.254 e. The third-order valence-corrected chi connectivity index (χ3v) is 5.43. The van der Waals surface area contributed by atoms with Crippen LogP contribution >= 0.6 is 11.3 Å². The highest BCUT2D eigenvalue weighted by Gasteiger charge is 2.22. The number of hydrogen-bond acceptors (Lipinski definition) is 4. The van der Waals surface area contributed by atoms with E-state index < -0.39 is 0 Å². The SMILES string of the molecule is COc1cc(C(=O)N(C)[C@H](C)c2nc3ccccc3s2)ccc1C. The van der Waals surface area contributed by atoms with Crippen LogP contribution in [0, 0.1) is 6.92 Å². The Bertz CT molecular complexity index is 855. The molecule has 0 aliphatic carbocycles. The van der Waals surface area contributed by atoms with E-state index in [0.717, 1.165) is 26.5 Å². The summed E-state index contributed by atoms with van der Waals surface area (Å²) in [5.74, 6) is 0.682. The van der Waals surface area contributed by atoms with Gasteiger partial charge in [-0.05, 0) is 43.7 Å². The molecular weight excluding hydrogens is 320 g/mol. The molecule has 0 aliphatic heterocycles. The molecule has 124 valence electrons. The molecule has 24 heavy (non-hydrogen) atoms. The number of amides is 1. The number of para-hydroxylation sites is 1. The summed E-state index contributed by atoms with van der Waals surface area (Å²) in [6.45, 7) is 3.96. The Morgan fingerprint density at radius 2 is 2.00 bits per heavy atom. The molecule has 0 fully saturated rings. The van der Waals surface area contributed by atoms with Gasteiger partial charge in [0.25, 0.3) is 5.91 Å². The molecule has 0 radical (unpaired) electrons. The van der Waals surface area contributed by atoms with Crippen molar-refractivity contribution in [1.29, 1.82) is 0 Å². The largest absolute Gasteiger partial charge is 0.496 e. The number of carbonyl (C=O) groups is 1. The lowest BCUT2D eigenvalue weighted by atomic mass is 10.1. The lowest BCUT2D eigenvalue weighted by Crippen LogP contribution is -2.29. The average Bonchev–Trinajstić information content (AvgIpc) is 3.04. The van der Waals surface area contributed by atoms with Gasteiger partial charge in [-0.3, -0.25) is 4.79 Å². The third-order valence-electron chi connectivity index (χ3n) is 4.22. The number of aryl methyl sites for hydroxylation is 1. The van der Waals surface area contributed by atoms with Crippen LogP contribution in [-0.4, -0.2) is 29.9 Å². The molecule has 1 aromatic heterocycles. The highest BCUT2D eigenvalue weighted by Crippen LogP contribution is 2.30. The fourth-order valence-electron chi connectivity index (χ4n) is 2.57. The molecule has 1 amide bonds. The molecule has 2 aromatic carbocycles. The number of carbonyl (C=O) groups excluding carboxylic acids is 1. The van der Waals surface area contributed by atoms with Crippen molar-refractivity contribution in [1.82, 2.24) is 9.88 Å². The average molecular weight is 340 g/mol. The van der Waals surface area contributed by atoms with Gasteiger partial charge in [0.1, 0.15) is 10.8 Å². The molecule has 3 aromatic rings. The van der Waals surface area contributed by atoms with Crippen LogP contribution in [0.2, 0.25) is 0 Å². The monoisotopic (exact) mass is 340 g/mol. The summed E-state index contributed by atoms with van der Waals surface area (Å²) in [5.41, 5.74) is 2.60. The number of ether oxygens (including phenoxy) is 1. The first-order valence-electron chi connectivity index (χ1n) is 7.78. The van der Waals surface area contributed by atoms with Crippen molar-refractivity contribution in [2.24, 2.45) is 0 Å². The van der Waals surface area contributed by atoms with Crippen LogP contribution < -0.4 is 4.74 Å². The van der Waals surface area contributed by atoms with Crippen LogP contribution in [0.1, 0.15) is 33.9 Å². The van der Waals surface area contributed by atoms with Gasteiger partial charge in [0.2, 0.25) is 0 Å². The summed E-state index contributed by atoms with van der Waals surface area (Å²) >= 11 is 1.63. The summed E-state index contributed by atoms with van der Waals surface area (Å²) in [6.07, 6.45) is 0. The van der Waals surface area contributed by atoms with E-state index in [1.54, 1.807) is 29.4 Å². The second-order valence-electron chi connectivity index (χ2n) is 5.80. The zero-order valence-electron chi connectivity index (χ0n) is 14.2.